The van der Waals surface area contributed by atoms with Crippen LogP contribution >= 0.6 is 0 Å². The highest BCUT2D eigenvalue weighted by atomic mass is 19.1. The number of halogens is 2. The topological polar surface area (TPSA) is 58.6 Å². The Labute approximate surface area is 109 Å². The molecule has 1 aromatic carbocycles. The van der Waals surface area contributed by atoms with Crippen LogP contribution in [0, 0.1) is 11.6 Å². The van der Waals surface area contributed by atoms with Gasteiger partial charge in [0.25, 0.3) is 0 Å². The molecule has 19 heavy (non-hydrogen) atoms. The van der Waals surface area contributed by atoms with E-state index in [1.165, 1.54) is 6.92 Å². The molecule has 1 unspecified atom stereocenters. The standard InChI is InChI=1S/C13H15F2NO3/c1-13(12(17)18,16-9-3-4-9)7-19-11-6-8(14)2-5-10(11)15/h2,5-6,9,16H,3-4,7H2,1H3,(H,17,18). The number of rotatable bonds is 6. The summed E-state index contributed by atoms with van der Waals surface area (Å²) in [5.41, 5.74) is -1.32. The van der Waals surface area contributed by atoms with Crippen molar-refractivity contribution < 1.29 is 23.4 Å². The third-order valence-corrected chi connectivity index (χ3v) is 2.98. The molecule has 2 N–H and O–H groups in total. The monoisotopic (exact) mass is 271 g/mol. The first kappa shape index (κ1) is 13.7. The quantitative estimate of drug-likeness (QED) is 0.830. The molecule has 1 saturated carbocycles. The molecule has 0 saturated heterocycles. The lowest BCUT2D eigenvalue weighted by Gasteiger charge is -2.26. The van der Waals surface area contributed by atoms with Crippen molar-refractivity contribution in [2.24, 2.45) is 0 Å². The van der Waals surface area contributed by atoms with Crippen molar-refractivity contribution in [1.82, 2.24) is 5.32 Å². The van der Waals surface area contributed by atoms with Crippen molar-refractivity contribution in [2.45, 2.75) is 31.3 Å². The van der Waals surface area contributed by atoms with E-state index in [2.05, 4.69) is 5.32 Å². The summed E-state index contributed by atoms with van der Waals surface area (Å²) in [4.78, 5) is 11.2. The van der Waals surface area contributed by atoms with Gasteiger partial charge in [-0.05, 0) is 31.9 Å². The van der Waals surface area contributed by atoms with Gasteiger partial charge in [-0.15, -0.1) is 0 Å². The Morgan fingerprint density at radius 3 is 2.79 bits per heavy atom. The molecule has 1 aliphatic rings. The minimum Gasteiger partial charge on any atom is -0.488 e. The van der Waals surface area contributed by atoms with Gasteiger partial charge in [0, 0.05) is 12.1 Å². The molecule has 2 rings (SSSR count). The number of carbonyl (C=O) groups is 1. The predicted octanol–water partition coefficient (Wildman–Crippen LogP) is 1.94. The number of ether oxygens (including phenoxy) is 1. The summed E-state index contributed by atoms with van der Waals surface area (Å²) in [7, 11) is 0. The number of nitrogens with one attached hydrogen (secondary N) is 1. The first-order valence-corrected chi connectivity index (χ1v) is 6.00. The number of aliphatic carboxylic acids is 1. The first-order chi connectivity index (χ1) is 8.90. The van der Waals surface area contributed by atoms with Crippen LogP contribution < -0.4 is 10.1 Å². The van der Waals surface area contributed by atoms with Gasteiger partial charge in [-0.2, -0.15) is 0 Å². The predicted molar refractivity (Wildman–Crippen MR) is 64.1 cm³/mol. The first-order valence-electron chi connectivity index (χ1n) is 6.00. The van der Waals surface area contributed by atoms with E-state index in [9.17, 15) is 18.7 Å². The third kappa shape index (κ3) is 3.41. The molecule has 4 nitrogen and oxygen atoms in total. The van der Waals surface area contributed by atoms with Gasteiger partial charge in [-0.25, -0.2) is 8.78 Å². The second-order valence-electron chi connectivity index (χ2n) is 4.92. The van der Waals surface area contributed by atoms with Crippen LogP contribution in [0.3, 0.4) is 0 Å². The Hall–Kier alpha value is -1.69. The molecule has 0 aromatic heterocycles. The molecule has 6 heteroatoms. The third-order valence-electron chi connectivity index (χ3n) is 2.98. The molecule has 0 spiro atoms. The maximum Gasteiger partial charge on any atom is 0.327 e. The molecule has 0 radical (unpaired) electrons. The van der Waals surface area contributed by atoms with Crippen LogP contribution in [0.15, 0.2) is 18.2 Å². The number of carboxylic acids is 1. The van der Waals surface area contributed by atoms with Gasteiger partial charge >= 0.3 is 5.97 Å². The van der Waals surface area contributed by atoms with Crippen LogP contribution in [0.2, 0.25) is 0 Å². The summed E-state index contributed by atoms with van der Waals surface area (Å²) >= 11 is 0. The fraction of sp³-hybridized carbons (Fsp3) is 0.462. The summed E-state index contributed by atoms with van der Waals surface area (Å²) in [6, 6.07) is 2.97. The summed E-state index contributed by atoms with van der Waals surface area (Å²) < 4.78 is 31.4. The van der Waals surface area contributed by atoms with Gasteiger partial charge in [0.2, 0.25) is 0 Å². The maximum atomic E-state index is 13.4. The Balaban J connectivity index is 2.05. The largest absolute Gasteiger partial charge is 0.488 e. The lowest BCUT2D eigenvalue weighted by atomic mass is 10.0. The second kappa shape index (κ2) is 5.13. The zero-order valence-electron chi connectivity index (χ0n) is 10.5. The summed E-state index contributed by atoms with van der Waals surface area (Å²) in [5.74, 6) is -2.73. The van der Waals surface area contributed by atoms with E-state index in [4.69, 9.17) is 4.74 Å². The summed E-state index contributed by atoms with van der Waals surface area (Å²) in [5, 5.41) is 12.1. The summed E-state index contributed by atoms with van der Waals surface area (Å²) in [6.45, 7) is 1.18. The Morgan fingerprint density at radius 2 is 2.21 bits per heavy atom. The molecular formula is C13H15F2NO3. The van der Waals surface area contributed by atoms with Crippen molar-refractivity contribution in [3.63, 3.8) is 0 Å². The SMILES string of the molecule is CC(COc1cc(F)ccc1F)(NC1CC1)C(=O)O. The number of hydrogen-bond donors (Lipinski definition) is 2. The van der Waals surface area contributed by atoms with Crippen molar-refractivity contribution in [3.8, 4) is 5.75 Å². The molecule has 0 aliphatic heterocycles. The molecule has 1 atom stereocenters. The molecular weight excluding hydrogens is 256 g/mol. The molecule has 0 bridgehead atoms. The van der Waals surface area contributed by atoms with E-state index in [1.807, 2.05) is 0 Å². The average molecular weight is 271 g/mol. The van der Waals surface area contributed by atoms with E-state index in [0.717, 1.165) is 31.0 Å². The zero-order chi connectivity index (χ0) is 14.0. The van der Waals surface area contributed by atoms with Gasteiger partial charge in [0.15, 0.2) is 11.6 Å². The molecule has 0 amide bonds. The molecule has 1 fully saturated rings. The van der Waals surface area contributed by atoms with Gasteiger partial charge in [0.05, 0.1) is 0 Å². The van der Waals surface area contributed by atoms with Gasteiger partial charge in [-0.1, -0.05) is 0 Å². The Morgan fingerprint density at radius 1 is 1.53 bits per heavy atom. The molecule has 1 aromatic rings. The fourth-order valence-corrected chi connectivity index (χ4v) is 1.65. The molecule has 104 valence electrons. The number of carboxylic acid groups (broad SMARTS) is 1. The fourth-order valence-electron chi connectivity index (χ4n) is 1.65. The lowest BCUT2D eigenvalue weighted by Crippen LogP contribution is -2.54. The van der Waals surface area contributed by atoms with E-state index in [-0.39, 0.29) is 18.4 Å². The summed E-state index contributed by atoms with van der Waals surface area (Å²) in [6.07, 6.45) is 1.83. The van der Waals surface area contributed by atoms with Gasteiger partial charge in [-0.3, -0.25) is 10.1 Å². The van der Waals surface area contributed by atoms with Crippen LogP contribution in [-0.2, 0) is 4.79 Å². The van der Waals surface area contributed by atoms with Crippen LogP contribution in [-0.4, -0.2) is 29.3 Å². The second-order valence-corrected chi connectivity index (χ2v) is 4.92. The van der Waals surface area contributed by atoms with Crippen molar-refractivity contribution in [1.29, 1.82) is 0 Å². The van der Waals surface area contributed by atoms with E-state index >= 15 is 0 Å². The van der Waals surface area contributed by atoms with Crippen LogP contribution in [0.5, 0.6) is 5.75 Å². The van der Waals surface area contributed by atoms with Crippen molar-refractivity contribution in [2.75, 3.05) is 6.61 Å². The highest BCUT2D eigenvalue weighted by Crippen LogP contribution is 2.24. The Bertz CT molecular complexity index is 491. The normalized spacial score (nSPS) is 17.8. The minimum absolute atomic E-state index is 0.155. The van der Waals surface area contributed by atoms with Crippen molar-refractivity contribution in [3.05, 3.63) is 29.8 Å². The van der Waals surface area contributed by atoms with E-state index < -0.39 is 23.1 Å². The van der Waals surface area contributed by atoms with Crippen LogP contribution in [0.25, 0.3) is 0 Å². The van der Waals surface area contributed by atoms with Gasteiger partial charge < -0.3 is 9.84 Å². The van der Waals surface area contributed by atoms with E-state index in [0.29, 0.717) is 0 Å². The van der Waals surface area contributed by atoms with Crippen molar-refractivity contribution >= 4 is 5.97 Å². The maximum absolute atomic E-state index is 13.4. The van der Waals surface area contributed by atoms with E-state index in [1.54, 1.807) is 0 Å². The lowest BCUT2D eigenvalue weighted by molar-refractivity contribution is -0.145. The Kier molecular flexibility index (Phi) is 3.71. The average Bonchev–Trinajstić information content (AvgIpc) is 3.14. The molecule has 0 heterocycles. The van der Waals surface area contributed by atoms with Gasteiger partial charge in [0.1, 0.15) is 18.0 Å². The van der Waals surface area contributed by atoms with Crippen LogP contribution in [0.4, 0.5) is 8.78 Å². The highest BCUT2D eigenvalue weighted by molar-refractivity contribution is 5.78. The number of hydrogen-bond acceptors (Lipinski definition) is 3. The smallest absolute Gasteiger partial charge is 0.327 e. The minimum atomic E-state index is -1.32. The van der Waals surface area contributed by atoms with Crippen LogP contribution in [0.1, 0.15) is 19.8 Å². The molecule has 1 aliphatic carbocycles. The number of benzene rings is 1. The zero-order valence-corrected chi connectivity index (χ0v) is 10.5. The highest BCUT2D eigenvalue weighted by Gasteiger charge is 2.39.